The smallest absolute Gasteiger partial charge is 0.314 e. The monoisotopic (exact) mass is 281 g/mol. The van der Waals surface area contributed by atoms with E-state index in [1.165, 1.54) is 0 Å². The van der Waals surface area contributed by atoms with Gasteiger partial charge in [-0.15, -0.1) is 0 Å². The van der Waals surface area contributed by atoms with Crippen LogP contribution >= 0.6 is 0 Å². The molecule has 0 aromatic rings. The van der Waals surface area contributed by atoms with Crippen LogP contribution in [-0.4, -0.2) is 44.4 Å². The Balaban J connectivity index is 3.41. The number of carbonyl (C=O) groups excluding carboxylic acids is 1. The van der Waals surface area contributed by atoms with Crippen molar-refractivity contribution in [3.8, 4) is 0 Å². The van der Waals surface area contributed by atoms with E-state index in [9.17, 15) is 18.0 Å². The van der Waals surface area contributed by atoms with Crippen LogP contribution in [0.3, 0.4) is 0 Å². The highest BCUT2D eigenvalue weighted by Crippen LogP contribution is 1.93. The minimum atomic E-state index is -3.48. The molecule has 0 saturated heterocycles. The third-order valence-electron chi connectivity index (χ3n) is 1.99. The molecular formula is C9H19N3O5S. The number of nitrogens with one attached hydrogen (secondary N) is 2. The first-order chi connectivity index (χ1) is 8.31. The molecule has 106 valence electrons. The molecule has 18 heavy (non-hydrogen) atoms. The quantitative estimate of drug-likeness (QED) is 0.410. The van der Waals surface area contributed by atoms with Gasteiger partial charge in [0.1, 0.15) is 0 Å². The van der Waals surface area contributed by atoms with Crippen LogP contribution in [0.2, 0.25) is 0 Å². The second-order valence-electron chi connectivity index (χ2n) is 3.75. The van der Waals surface area contributed by atoms with E-state index in [0.29, 0.717) is 19.4 Å². The van der Waals surface area contributed by atoms with E-state index in [1.807, 2.05) is 0 Å². The lowest BCUT2D eigenvalue weighted by atomic mass is 10.2. The summed E-state index contributed by atoms with van der Waals surface area (Å²) in [6.45, 7) is 0.603. The molecule has 0 saturated carbocycles. The van der Waals surface area contributed by atoms with Crippen molar-refractivity contribution in [1.82, 2.24) is 10.6 Å². The summed E-state index contributed by atoms with van der Waals surface area (Å²) in [6.07, 6.45) is 1.42. The van der Waals surface area contributed by atoms with Gasteiger partial charge >= 0.3 is 12.0 Å². The SMILES string of the molecule is NS(=O)(=O)CCCNC(=O)NCCCCC(=O)O. The number of sulfonamides is 1. The maximum absolute atomic E-state index is 11.1. The van der Waals surface area contributed by atoms with Gasteiger partial charge in [-0.05, 0) is 19.3 Å². The van der Waals surface area contributed by atoms with Crippen molar-refractivity contribution in [2.75, 3.05) is 18.8 Å². The van der Waals surface area contributed by atoms with Crippen LogP contribution in [0.25, 0.3) is 0 Å². The van der Waals surface area contributed by atoms with Crippen LogP contribution < -0.4 is 15.8 Å². The molecule has 0 aliphatic rings. The van der Waals surface area contributed by atoms with Gasteiger partial charge in [0, 0.05) is 19.5 Å². The fourth-order valence-corrected chi connectivity index (χ4v) is 1.69. The Labute approximate surface area is 106 Å². The average Bonchev–Trinajstić information content (AvgIpc) is 2.22. The lowest BCUT2D eigenvalue weighted by Crippen LogP contribution is -2.37. The van der Waals surface area contributed by atoms with Crippen LogP contribution in [0.1, 0.15) is 25.7 Å². The van der Waals surface area contributed by atoms with Crippen molar-refractivity contribution in [2.24, 2.45) is 5.14 Å². The van der Waals surface area contributed by atoms with Crippen molar-refractivity contribution < 1.29 is 23.1 Å². The number of amides is 2. The molecule has 8 nitrogen and oxygen atoms in total. The summed E-state index contributed by atoms with van der Waals surface area (Å²) in [5.41, 5.74) is 0. The molecule has 5 N–H and O–H groups in total. The number of carboxylic acid groups (broad SMARTS) is 1. The molecule has 0 aromatic heterocycles. The summed E-state index contributed by atoms with van der Waals surface area (Å²) in [5.74, 6) is -1.03. The Kier molecular flexibility index (Phi) is 8.05. The molecule has 0 aromatic carbocycles. The average molecular weight is 281 g/mol. The van der Waals surface area contributed by atoms with Gasteiger partial charge in [0.15, 0.2) is 0 Å². The number of urea groups is 1. The first-order valence-corrected chi connectivity index (χ1v) is 7.27. The molecule has 0 fully saturated rings. The Morgan fingerprint density at radius 3 is 2.11 bits per heavy atom. The van der Waals surface area contributed by atoms with Crippen LogP contribution in [0.15, 0.2) is 0 Å². The molecule has 0 radical (unpaired) electrons. The van der Waals surface area contributed by atoms with Crippen molar-refractivity contribution in [3.05, 3.63) is 0 Å². The topological polar surface area (TPSA) is 139 Å². The largest absolute Gasteiger partial charge is 0.481 e. The standard InChI is InChI=1S/C9H19N3O5S/c10-18(16,17)7-3-6-12-9(15)11-5-2-1-4-8(13)14/h1-7H2,(H,13,14)(H2,10,16,17)(H2,11,12,15). The van der Waals surface area contributed by atoms with Crippen molar-refractivity contribution in [3.63, 3.8) is 0 Å². The number of carbonyl (C=O) groups is 2. The van der Waals surface area contributed by atoms with E-state index in [1.54, 1.807) is 0 Å². The minimum Gasteiger partial charge on any atom is -0.481 e. The number of aliphatic carboxylic acids is 1. The Bertz CT molecular complexity index is 368. The van der Waals surface area contributed by atoms with Gasteiger partial charge in [-0.25, -0.2) is 18.4 Å². The highest BCUT2D eigenvalue weighted by atomic mass is 32.2. The minimum absolute atomic E-state index is 0.0810. The van der Waals surface area contributed by atoms with E-state index in [4.69, 9.17) is 10.2 Å². The highest BCUT2D eigenvalue weighted by molar-refractivity contribution is 7.89. The molecule has 9 heteroatoms. The van der Waals surface area contributed by atoms with E-state index < -0.39 is 22.0 Å². The zero-order chi connectivity index (χ0) is 14.0. The fraction of sp³-hybridized carbons (Fsp3) is 0.778. The molecule has 0 spiro atoms. The lowest BCUT2D eigenvalue weighted by Gasteiger charge is -2.06. The van der Waals surface area contributed by atoms with Crippen molar-refractivity contribution in [1.29, 1.82) is 0 Å². The number of primary sulfonamides is 1. The Morgan fingerprint density at radius 1 is 1.06 bits per heavy atom. The van der Waals surface area contributed by atoms with E-state index in [-0.39, 0.29) is 25.1 Å². The predicted molar refractivity (Wildman–Crippen MR) is 65.5 cm³/mol. The zero-order valence-corrected chi connectivity index (χ0v) is 10.8. The molecule has 0 rings (SSSR count). The predicted octanol–water partition coefficient (Wildman–Crippen LogP) is -0.781. The van der Waals surface area contributed by atoms with Crippen LogP contribution in [0.4, 0.5) is 4.79 Å². The van der Waals surface area contributed by atoms with E-state index >= 15 is 0 Å². The van der Waals surface area contributed by atoms with E-state index in [0.717, 1.165) is 0 Å². The van der Waals surface area contributed by atoms with Crippen LogP contribution in [-0.2, 0) is 14.8 Å². The molecular weight excluding hydrogens is 262 g/mol. The van der Waals surface area contributed by atoms with Gasteiger partial charge in [0.05, 0.1) is 5.75 Å². The molecule has 0 atom stereocenters. The first kappa shape index (κ1) is 16.6. The van der Waals surface area contributed by atoms with Gasteiger partial charge in [-0.1, -0.05) is 0 Å². The van der Waals surface area contributed by atoms with Gasteiger partial charge < -0.3 is 15.7 Å². The van der Waals surface area contributed by atoms with Gasteiger partial charge in [0.25, 0.3) is 0 Å². The first-order valence-electron chi connectivity index (χ1n) is 5.55. The number of hydrogen-bond acceptors (Lipinski definition) is 4. The van der Waals surface area contributed by atoms with Crippen molar-refractivity contribution >= 4 is 22.0 Å². The number of rotatable bonds is 9. The van der Waals surface area contributed by atoms with E-state index in [2.05, 4.69) is 10.6 Å². The molecule has 2 amide bonds. The summed E-state index contributed by atoms with van der Waals surface area (Å²) in [5, 5.41) is 18.2. The number of nitrogens with two attached hydrogens (primary N) is 1. The normalized spacial score (nSPS) is 10.9. The molecule has 0 bridgehead atoms. The van der Waals surface area contributed by atoms with Crippen LogP contribution in [0.5, 0.6) is 0 Å². The maximum atomic E-state index is 11.1. The molecule has 0 aliphatic heterocycles. The third-order valence-corrected chi connectivity index (χ3v) is 2.85. The van der Waals surface area contributed by atoms with Gasteiger partial charge in [-0.3, -0.25) is 4.79 Å². The zero-order valence-electron chi connectivity index (χ0n) is 10.0. The van der Waals surface area contributed by atoms with Crippen LogP contribution in [0, 0.1) is 0 Å². The summed E-state index contributed by atoms with van der Waals surface area (Å²) < 4.78 is 21.2. The fourth-order valence-electron chi connectivity index (χ4n) is 1.14. The lowest BCUT2D eigenvalue weighted by molar-refractivity contribution is -0.137. The number of carboxylic acids is 1. The van der Waals surface area contributed by atoms with Crippen molar-refractivity contribution in [2.45, 2.75) is 25.7 Å². The second-order valence-corrected chi connectivity index (χ2v) is 5.49. The third kappa shape index (κ3) is 12.7. The Morgan fingerprint density at radius 2 is 1.61 bits per heavy atom. The number of hydrogen-bond donors (Lipinski definition) is 4. The Hall–Kier alpha value is -1.35. The van der Waals surface area contributed by atoms with Gasteiger partial charge in [-0.2, -0.15) is 0 Å². The highest BCUT2D eigenvalue weighted by Gasteiger charge is 2.03. The summed E-state index contributed by atoms with van der Waals surface area (Å²) >= 11 is 0. The molecule has 0 unspecified atom stereocenters. The molecule has 0 heterocycles. The maximum Gasteiger partial charge on any atom is 0.314 e. The summed E-state index contributed by atoms with van der Waals surface area (Å²) in [6, 6.07) is -0.403. The number of unbranched alkanes of at least 4 members (excludes halogenated alkanes) is 1. The van der Waals surface area contributed by atoms with Gasteiger partial charge in [0.2, 0.25) is 10.0 Å². The summed E-state index contributed by atoms with van der Waals surface area (Å²) in [4.78, 5) is 21.3. The summed E-state index contributed by atoms with van der Waals surface area (Å²) in [7, 11) is -3.48. The second kappa shape index (κ2) is 8.70. The molecule has 0 aliphatic carbocycles.